The van der Waals surface area contributed by atoms with E-state index in [0.29, 0.717) is 49.8 Å². The Labute approximate surface area is 563 Å². The van der Waals surface area contributed by atoms with Crippen LogP contribution in [-0.2, 0) is 47.4 Å². The van der Waals surface area contributed by atoms with Crippen LogP contribution in [-0.4, -0.2) is 68.8 Å². The third kappa shape index (κ3) is 13.1. The van der Waals surface area contributed by atoms with E-state index in [1.807, 2.05) is 237 Å². The average Bonchev–Trinajstić information content (AvgIpc) is 0.767. The summed E-state index contributed by atoms with van der Waals surface area (Å²) >= 11 is 0. The van der Waals surface area contributed by atoms with E-state index in [4.69, 9.17) is 0 Å². The van der Waals surface area contributed by atoms with Gasteiger partial charge in [0, 0.05) is 50.9 Å². The zero-order valence-corrected chi connectivity index (χ0v) is 54.0. The fourth-order valence-corrected chi connectivity index (χ4v) is 12.6. The Morgan fingerprint density at radius 2 is 0.435 bits per heavy atom. The Morgan fingerprint density at radius 3 is 0.630 bits per heavy atom. The van der Waals surface area contributed by atoms with Gasteiger partial charge in [0.25, 0.3) is 0 Å². The SMILES string of the molecule is O=S(=O)([O-])c1cc(-c2ccccc2)c2ccc3c(-c4ccccc4)ccnc3c2n1.O=S(=O)([O-])c1cc(-c2ccccc2)c2ccc3c(-c4ccccc4)ccnc3c2n1.O=S(=O)([O-])c1cc(-c2ccccc2)c2ccc3c(-c4ccccc4)ccnc3c2n1.[Fe+3].[H-].[Na+]. The van der Waals surface area contributed by atoms with Crippen LogP contribution in [0.15, 0.2) is 288 Å². The van der Waals surface area contributed by atoms with Crippen molar-refractivity contribution < 1.29 is 87.0 Å². The summed E-state index contributed by atoms with van der Waals surface area (Å²) in [4.78, 5) is 26.2. The van der Waals surface area contributed by atoms with Crippen LogP contribution < -0.4 is 29.6 Å². The molecular weight excluding hydrogens is 1270 g/mol. The van der Waals surface area contributed by atoms with Gasteiger partial charge in [-0.25, -0.2) is 40.2 Å². The Bertz CT molecular complexity index is 5080. The van der Waals surface area contributed by atoms with Gasteiger partial charge < -0.3 is 15.1 Å². The summed E-state index contributed by atoms with van der Waals surface area (Å²) in [5.41, 5.74) is 13.0. The molecule has 0 unspecified atom stereocenters. The summed E-state index contributed by atoms with van der Waals surface area (Å²) in [5, 5.41) is 3.20. The van der Waals surface area contributed by atoms with Crippen LogP contribution in [0.25, 0.3) is 132 Å². The molecule has 0 amide bonds. The van der Waals surface area contributed by atoms with Gasteiger partial charge in [-0.05, 0) is 103 Å². The first-order chi connectivity index (χ1) is 43.6. The van der Waals surface area contributed by atoms with Gasteiger partial charge in [0.05, 0.1) is 33.1 Å². The summed E-state index contributed by atoms with van der Waals surface area (Å²) < 4.78 is 107. The van der Waals surface area contributed by atoms with Gasteiger partial charge in [0.1, 0.15) is 45.4 Å². The molecule has 15 nitrogen and oxygen atoms in total. The number of hydrogen-bond acceptors (Lipinski definition) is 15. The zero-order valence-electron chi connectivity index (χ0n) is 49.4. The molecule has 0 bridgehead atoms. The van der Waals surface area contributed by atoms with E-state index in [1.165, 1.54) is 18.2 Å². The van der Waals surface area contributed by atoms with E-state index in [2.05, 4.69) is 29.9 Å². The summed E-state index contributed by atoms with van der Waals surface area (Å²) in [5.74, 6) is 0. The molecule has 15 rings (SSSR count). The van der Waals surface area contributed by atoms with E-state index >= 15 is 0 Å². The number of fused-ring (bicyclic) bond motifs is 9. The number of pyridine rings is 6. The Kier molecular flexibility index (Phi) is 18.8. The first-order valence-corrected chi connectivity index (χ1v) is 32.2. The van der Waals surface area contributed by atoms with Crippen molar-refractivity contribution in [3.05, 3.63) is 273 Å². The largest absolute Gasteiger partial charge is 3.00 e. The molecule has 0 saturated heterocycles. The van der Waals surface area contributed by atoms with Crippen molar-refractivity contribution in [3.8, 4) is 66.8 Å². The van der Waals surface area contributed by atoms with Gasteiger partial charge in [-0.3, -0.25) is 15.0 Å². The first kappa shape index (κ1) is 64.2. The van der Waals surface area contributed by atoms with Crippen molar-refractivity contribution in [2.45, 2.75) is 15.1 Å². The Hall–Kier alpha value is -9.31. The van der Waals surface area contributed by atoms with Crippen molar-refractivity contribution in [2.75, 3.05) is 0 Å². The van der Waals surface area contributed by atoms with Crippen molar-refractivity contribution in [2.24, 2.45) is 0 Å². The number of hydrogen-bond donors (Lipinski definition) is 0. The van der Waals surface area contributed by atoms with Crippen LogP contribution >= 0.6 is 0 Å². The first-order valence-electron chi connectivity index (χ1n) is 27.9. The second-order valence-electron chi connectivity index (χ2n) is 20.7. The minimum atomic E-state index is -4.74. The van der Waals surface area contributed by atoms with Crippen molar-refractivity contribution >= 4 is 95.8 Å². The minimum absolute atomic E-state index is 0. The molecule has 9 aromatic carbocycles. The Morgan fingerprint density at radius 1 is 0.250 bits per heavy atom. The topological polar surface area (TPSA) is 249 Å². The van der Waals surface area contributed by atoms with Gasteiger partial charge in [-0.15, -0.1) is 0 Å². The van der Waals surface area contributed by atoms with E-state index in [9.17, 15) is 38.9 Å². The number of nitrogens with zero attached hydrogens (tertiary/aromatic N) is 6. The summed E-state index contributed by atoms with van der Waals surface area (Å²) in [6.45, 7) is 0. The number of rotatable bonds is 9. The van der Waals surface area contributed by atoms with Crippen LogP contribution in [0.2, 0.25) is 0 Å². The fraction of sp³-hybridized carbons (Fsp3) is 0. The second-order valence-corrected chi connectivity index (χ2v) is 24.7. The maximum atomic E-state index is 11.8. The third-order valence-corrected chi connectivity index (χ3v) is 17.4. The standard InChI is InChI=1S/3C24H16N2O3S.Fe.Na.H/c3*27-30(28,29)22-15-21(17-9-5-2-6-10-17)20-12-11-19-18(16-7-3-1-4-8-16)13-14-25-23(19)24(20)26-22;;;/h3*1-15H,(H,27,28,29);;;/q;;;+3;+1;-1/p-3. The molecule has 15 aromatic rings. The normalized spacial score (nSPS) is 11.5. The van der Waals surface area contributed by atoms with Gasteiger partial charge in [0.2, 0.25) is 0 Å². The number of aromatic nitrogens is 6. The number of benzene rings is 9. The molecule has 0 aliphatic rings. The molecule has 0 aliphatic carbocycles. The summed E-state index contributed by atoms with van der Waals surface area (Å²) in [6, 6.07) is 78.9. The van der Waals surface area contributed by atoms with Crippen molar-refractivity contribution in [1.82, 2.24) is 29.9 Å². The molecule has 0 spiro atoms. The maximum Gasteiger partial charge on any atom is 3.00 e. The predicted molar refractivity (Wildman–Crippen MR) is 349 cm³/mol. The minimum Gasteiger partial charge on any atom is -1.00 e. The fourth-order valence-electron chi connectivity index (χ4n) is 11.2. The van der Waals surface area contributed by atoms with E-state index < -0.39 is 45.4 Å². The molecule has 0 atom stereocenters. The van der Waals surface area contributed by atoms with Gasteiger partial charge >= 0.3 is 46.6 Å². The van der Waals surface area contributed by atoms with E-state index in [1.54, 1.807) is 18.6 Å². The zero-order chi connectivity index (χ0) is 62.2. The molecule has 0 N–H and O–H groups in total. The van der Waals surface area contributed by atoms with E-state index in [-0.39, 0.29) is 48.1 Å². The summed E-state index contributed by atoms with van der Waals surface area (Å²) in [7, 11) is -14.2. The van der Waals surface area contributed by atoms with Gasteiger partial charge in [-0.2, -0.15) is 0 Å². The van der Waals surface area contributed by atoms with Gasteiger partial charge in [-0.1, -0.05) is 218 Å². The van der Waals surface area contributed by atoms with Crippen LogP contribution in [0.5, 0.6) is 0 Å². The molecule has 0 aliphatic heterocycles. The smallest absolute Gasteiger partial charge is 1.00 e. The molecule has 20 heteroatoms. The Balaban J connectivity index is 0.000000150. The van der Waals surface area contributed by atoms with Gasteiger partial charge in [0.15, 0.2) is 0 Å². The monoisotopic (exact) mass is 1310 g/mol. The van der Waals surface area contributed by atoms with Crippen LogP contribution in [0.1, 0.15) is 1.43 Å². The average molecular weight is 1310 g/mol. The molecule has 0 fully saturated rings. The maximum absolute atomic E-state index is 11.8. The second kappa shape index (κ2) is 26.9. The molecule has 6 aromatic heterocycles. The molecule has 0 saturated carbocycles. The molecular formula is C72H46FeN6NaO9S3. The summed E-state index contributed by atoms with van der Waals surface area (Å²) in [6.07, 6.45) is 5.02. The van der Waals surface area contributed by atoms with E-state index in [0.717, 1.165) is 82.4 Å². The quantitative estimate of drug-likeness (QED) is 0.0740. The molecule has 92 heavy (non-hydrogen) atoms. The molecule has 6 heterocycles. The van der Waals surface area contributed by atoms with Crippen molar-refractivity contribution in [3.63, 3.8) is 0 Å². The van der Waals surface area contributed by atoms with Crippen LogP contribution in [0.4, 0.5) is 0 Å². The van der Waals surface area contributed by atoms with Crippen LogP contribution in [0.3, 0.4) is 0 Å². The predicted octanol–water partition coefficient (Wildman–Crippen LogP) is 12.2. The molecule has 1 radical (unpaired) electrons. The van der Waals surface area contributed by atoms with Crippen LogP contribution in [0, 0.1) is 0 Å². The third-order valence-electron chi connectivity index (χ3n) is 15.3. The van der Waals surface area contributed by atoms with Crippen molar-refractivity contribution in [1.29, 1.82) is 0 Å². The molecule has 445 valence electrons.